The van der Waals surface area contributed by atoms with Gasteiger partial charge in [-0.25, -0.2) is 0 Å². The SMILES string of the molecule is CC(C)(O)CNC1CCCCC1CN. The van der Waals surface area contributed by atoms with Crippen LogP contribution in [0.3, 0.4) is 0 Å². The Morgan fingerprint density at radius 3 is 2.57 bits per heavy atom. The molecule has 0 aromatic rings. The van der Waals surface area contributed by atoms with Gasteiger partial charge in [-0.2, -0.15) is 0 Å². The summed E-state index contributed by atoms with van der Waals surface area (Å²) < 4.78 is 0. The van der Waals surface area contributed by atoms with Gasteiger partial charge in [-0.15, -0.1) is 0 Å². The minimum absolute atomic E-state index is 0.514. The Morgan fingerprint density at radius 1 is 1.36 bits per heavy atom. The molecule has 0 heterocycles. The fourth-order valence-corrected chi connectivity index (χ4v) is 2.14. The molecule has 0 aromatic heterocycles. The molecule has 1 saturated carbocycles. The second kappa shape index (κ2) is 5.10. The van der Waals surface area contributed by atoms with Gasteiger partial charge in [0, 0.05) is 12.6 Å². The Hall–Kier alpha value is -0.120. The van der Waals surface area contributed by atoms with Crippen molar-refractivity contribution in [2.24, 2.45) is 11.7 Å². The molecule has 0 aliphatic heterocycles. The Labute approximate surface area is 87.1 Å². The van der Waals surface area contributed by atoms with Crippen molar-refractivity contribution in [1.29, 1.82) is 0 Å². The smallest absolute Gasteiger partial charge is 0.0715 e. The molecule has 3 heteroatoms. The van der Waals surface area contributed by atoms with Crippen molar-refractivity contribution in [3.05, 3.63) is 0 Å². The molecular formula is C11H24N2O. The standard InChI is InChI=1S/C11H24N2O/c1-11(2,14)8-13-10-6-4-3-5-9(10)7-12/h9-10,13-14H,3-8,12H2,1-2H3. The lowest BCUT2D eigenvalue weighted by atomic mass is 9.84. The lowest BCUT2D eigenvalue weighted by Gasteiger charge is -2.33. The number of nitrogens with one attached hydrogen (secondary N) is 1. The number of aliphatic hydroxyl groups is 1. The van der Waals surface area contributed by atoms with Gasteiger partial charge >= 0.3 is 0 Å². The van der Waals surface area contributed by atoms with E-state index in [2.05, 4.69) is 5.32 Å². The summed E-state index contributed by atoms with van der Waals surface area (Å²) in [4.78, 5) is 0. The van der Waals surface area contributed by atoms with Gasteiger partial charge in [-0.05, 0) is 39.2 Å². The molecule has 2 unspecified atom stereocenters. The van der Waals surface area contributed by atoms with Crippen LogP contribution in [0.2, 0.25) is 0 Å². The summed E-state index contributed by atoms with van der Waals surface area (Å²) in [6, 6.07) is 0.514. The van der Waals surface area contributed by atoms with Gasteiger partial charge in [0.1, 0.15) is 0 Å². The van der Waals surface area contributed by atoms with Crippen LogP contribution in [-0.2, 0) is 0 Å². The van der Waals surface area contributed by atoms with Crippen LogP contribution in [0.15, 0.2) is 0 Å². The van der Waals surface area contributed by atoms with Gasteiger partial charge in [-0.3, -0.25) is 0 Å². The van der Waals surface area contributed by atoms with Crippen molar-refractivity contribution < 1.29 is 5.11 Å². The van der Waals surface area contributed by atoms with E-state index in [9.17, 15) is 5.11 Å². The van der Waals surface area contributed by atoms with E-state index in [0.717, 1.165) is 6.54 Å². The summed E-state index contributed by atoms with van der Waals surface area (Å²) in [5.74, 6) is 0.603. The number of hydrogen-bond acceptors (Lipinski definition) is 3. The fourth-order valence-electron chi connectivity index (χ4n) is 2.14. The molecule has 1 fully saturated rings. The zero-order valence-electron chi connectivity index (χ0n) is 9.42. The van der Waals surface area contributed by atoms with Crippen LogP contribution in [0.1, 0.15) is 39.5 Å². The summed E-state index contributed by atoms with van der Waals surface area (Å²) in [5, 5.41) is 13.0. The zero-order chi connectivity index (χ0) is 10.6. The van der Waals surface area contributed by atoms with Gasteiger partial charge in [-0.1, -0.05) is 12.8 Å². The summed E-state index contributed by atoms with van der Waals surface area (Å²) in [6.45, 7) is 5.10. The molecule has 84 valence electrons. The zero-order valence-corrected chi connectivity index (χ0v) is 9.42. The first kappa shape index (κ1) is 12.0. The summed E-state index contributed by atoms with van der Waals surface area (Å²) in [7, 11) is 0. The first-order chi connectivity index (χ1) is 6.53. The van der Waals surface area contributed by atoms with Gasteiger partial charge in [0.15, 0.2) is 0 Å². The Balaban J connectivity index is 2.33. The molecule has 4 N–H and O–H groups in total. The first-order valence-corrected chi connectivity index (χ1v) is 5.69. The predicted molar refractivity (Wildman–Crippen MR) is 59.1 cm³/mol. The van der Waals surface area contributed by atoms with Crippen LogP contribution in [0.25, 0.3) is 0 Å². The average Bonchev–Trinajstić information content (AvgIpc) is 2.14. The highest BCUT2D eigenvalue weighted by Crippen LogP contribution is 2.23. The Bertz CT molecular complexity index is 165. The van der Waals surface area contributed by atoms with Crippen LogP contribution in [0, 0.1) is 5.92 Å². The molecule has 0 aromatic carbocycles. The van der Waals surface area contributed by atoms with E-state index in [1.165, 1.54) is 25.7 Å². The van der Waals surface area contributed by atoms with Crippen molar-refractivity contribution in [3.8, 4) is 0 Å². The van der Waals surface area contributed by atoms with Gasteiger partial charge in [0.2, 0.25) is 0 Å². The minimum Gasteiger partial charge on any atom is -0.389 e. The second-order valence-electron chi connectivity index (χ2n) is 5.08. The highest BCUT2D eigenvalue weighted by atomic mass is 16.3. The molecule has 0 saturated heterocycles. The van der Waals surface area contributed by atoms with Crippen LogP contribution < -0.4 is 11.1 Å². The topological polar surface area (TPSA) is 58.3 Å². The van der Waals surface area contributed by atoms with Crippen LogP contribution in [0.5, 0.6) is 0 Å². The van der Waals surface area contributed by atoms with E-state index in [0.29, 0.717) is 18.5 Å². The molecule has 1 aliphatic carbocycles. The maximum Gasteiger partial charge on any atom is 0.0715 e. The fraction of sp³-hybridized carbons (Fsp3) is 1.00. The summed E-state index contributed by atoms with van der Waals surface area (Å²) >= 11 is 0. The number of rotatable bonds is 4. The summed E-state index contributed by atoms with van der Waals surface area (Å²) in [5.41, 5.74) is 5.12. The van der Waals surface area contributed by atoms with E-state index in [-0.39, 0.29) is 0 Å². The van der Waals surface area contributed by atoms with E-state index >= 15 is 0 Å². The monoisotopic (exact) mass is 200 g/mol. The van der Waals surface area contributed by atoms with E-state index in [4.69, 9.17) is 5.73 Å². The van der Waals surface area contributed by atoms with Crippen LogP contribution in [0.4, 0.5) is 0 Å². The maximum atomic E-state index is 9.61. The van der Waals surface area contributed by atoms with Gasteiger partial charge in [0.05, 0.1) is 5.60 Å². The van der Waals surface area contributed by atoms with E-state index in [1.54, 1.807) is 0 Å². The predicted octanol–water partition coefficient (Wildman–Crippen LogP) is 0.864. The molecular weight excluding hydrogens is 176 g/mol. The van der Waals surface area contributed by atoms with Crippen molar-refractivity contribution in [1.82, 2.24) is 5.32 Å². The van der Waals surface area contributed by atoms with E-state index < -0.39 is 5.60 Å². The maximum absolute atomic E-state index is 9.61. The third-order valence-corrected chi connectivity index (χ3v) is 3.01. The lowest BCUT2D eigenvalue weighted by Crippen LogP contribution is -2.47. The molecule has 14 heavy (non-hydrogen) atoms. The minimum atomic E-state index is -0.614. The van der Waals surface area contributed by atoms with Crippen LogP contribution >= 0.6 is 0 Å². The lowest BCUT2D eigenvalue weighted by molar-refractivity contribution is 0.0708. The molecule has 0 amide bonds. The largest absolute Gasteiger partial charge is 0.389 e. The molecule has 1 aliphatic rings. The third-order valence-electron chi connectivity index (χ3n) is 3.01. The number of hydrogen-bond donors (Lipinski definition) is 3. The summed E-state index contributed by atoms with van der Waals surface area (Å²) in [6.07, 6.45) is 5.04. The Morgan fingerprint density at radius 2 is 2.00 bits per heavy atom. The highest BCUT2D eigenvalue weighted by Gasteiger charge is 2.25. The normalized spacial score (nSPS) is 29.1. The van der Waals surface area contributed by atoms with Gasteiger partial charge in [0.25, 0.3) is 0 Å². The first-order valence-electron chi connectivity index (χ1n) is 5.69. The molecule has 0 spiro atoms. The highest BCUT2D eigenvalue weighted by molar-refractivity contribution is 4.83. The third kappa shape index (κ3) is 3.95. The number of nitrogens with two attached hydrogens (primary N) is 1. The van der Waals surface area contributed by atoms with Crippen molar-refractivity contribution in [2.45, 2.75) is 51.2 Å². The van der Waals surface area contributed by atoms with Crippen molar-refractivity contribution >= 4 is 0 Å². The van der Waals surface area contributed by atoms with E-state index in [1.807, 2.05) is 13.8 Å². The van der Waals surface area contributed by atoms with Crippen molar-refractivity contribution in [2.75, 3.05) is 13.1 Å². The van der Waals surface area contributed by atoms with Crippen molar-refractivity contribution in [3.63, 3.8) is 0 Å². The molecule has 0 radical (unpaired) electrons. The second-order valence-corrected chi connectivity index (χ2v) is 5.08. The average molecular weight is 200 g/mol. The quantitative estimate of drug-likeness (QED) is 0.631. The molecule has 3 nitrogen and oxygen atoms in total. The molecule has 2 atom stereocenters. The molecule has 0 bridgehead atoms. The van der Waals surface area contributed by atoms with Gasteiger partial charge < -0.3 is 16.2 Å². The molecule has 1 rings (SSSR count). The van der Waals surface area contributed by atoms with Crippen LogP contribution in [-0.4, -0.2) is 29.8 Å². The Kier molecular flexibility index (Phi) is 4.35.